The zero-order valence-corrected chi connectivity index (χ0v) is 16.6. The molecule has 1 aliphatic heterocycles. The third-order valence-corrected chi connectivity index (χ3v) is 4.88. The van der Waals surface area contributed by atoms with E-state index in [1.165, 1.54) is 20.1 Å². The van der Waals surface area contributed by atoms with Gasteiger partial charge in [-0.3, -0.25) is 4.79 Å². The van der Waals surface area contributed by atoms with Crippen molar-refractivity contribution in [1.29, 1.82) is 0 Å². The largest absolute Gasteiger partial charge is 0.465 e. The van der Waals surface area contributed by atoms with Crippen LogP contribution >= 0.6 is 0 Å². The number of nitrogens with zero attached hydrogens (tertiary/aromatic N) is 3. The summed E-state index contributed by atoms with van der Waals surface area (Å²) in [6.45, 7) is 10.6. The van der Waals surface area contributed by atoms with E-state index in [0.717, 1.165) is 0 Å². The van der Waals surface area contributed by atoms with Crippen LogP contribution in [0.4, 0.5) is 0 Å². The van der Waals surface area contributed by atoms with Crippen LogP contribution in [0, 0.1) is 11.8 Å². The van der Waals surface area contributed by atoms with Crippen molar-refractivity contribution in [1.82, 2.24) is 0 Å². The number of azide groups is 1. The molecule has 1 rings (SSSR count). The molecule has 1 fully saturated rings. The van der Waals surface area contributed by atoms with Gasteiger partial charge >= 0.3 is 11.9 Å². The standard InChI is InChI=1S/C18H29N3O6/c1-7-9-25-18(17(23)24-6)10-14(20-21-19)11(3)16(27-18)12(4)15(8-2)26-13(5)22/h7,11-12,14-16H,1,8-10H2,2-6H3/t11-,12-,14-,15-,16?,18-/m1/s1. The fourth-order valence-corrected chi connectivity index (χ4v) is 3.47. The third-order valence-electron chi connectivity index (χ3n) is 4.88. The Morgan fingerprint density at radius 3 is 2.67 bits per heavy atom. The van der Waals surface area contributed by atoms with Gasteiger partial charge in [0.05, 0.1) is 19.8 Å². The first-order valence-corrected chi connectivity index (χ1v) is 8.98. The second-order valence-corrected chi connectivity index (χ2v) is 6.68. The molecule has 1 saturated heterocycles. The molecule has 0 aromatic rings. The Labute approximate surface area is 159 Å². The predicted molar refractivity (Wildman–Crippen MR) is 97.5 cm³/mol. The Kier molecular flexibility index (Phi) is 8.75. The third kappa shape index (κ3) is 5.45. The highest BCUT2D eigenvalue weighted by Crippen LogP contribution is 2.40. The van der Waals surface area contributed by atoms with Gasteiger partial charge in [0.1, 0.15) is 6.10 Å². The van der Waals surface area contributed by atoms with E-state index in [1.807, 2.05) is 20.8 Å². The van der Waals surface area contributed by atoms with Crippen molar-refractivity contribution in [3.8, 4) is 0 Å². The number of rotatable bonds is 9. The molecule has 152 valence electrons. The lowest BCUT2D eigenvalue weighted by Gasteiger charge is -2.47. The number of methoxy groups -OCH3 is 1. The van der Waals surface area contributed by atoms with Crippen molar-refractivity contribution >= 4 is 11.9 Å². The average molecular weight is 383 g/mol. The highest BCUT2D eigenvalue weighted by Gasteiger charge is 2.54. The van der Waals surface area contributed by atoms with Crippen LogP contribution in [0.25, 0.3) is 10.4 Å². The molecule has 0 spiro atoms. The minimum atomic E-state index is -1.72. The monoisotopic (exact) mass is 383 g/mol. The molecule has 9 nitrogen and oxygen atoms in total. The molecule has 0 radical (unpaired) electrons. The average Bonchev–Trinajstić information content (AvgIpc) is 2.65. The van der Waals surface area contributed by atoms with Crippen molar-refractivity contribution in [3.05, 3.63) is 23.1 Å². The van der Waals surface area contributed by atoms with Gasteiger partial charge in [0.15, 0.2) is 0 Å². The lowest BCUT2D eigenvalue weighted by atomic mass is 9.79. The Bertz CT molecular complexity index is 592. The van der Waals surface area contributed by atoms with Crippen LogP contribution in [0.5, 0.6) is 0 Å². The molecular weight excluding hydrogens is 354 g/mol. The topological polar surface area (TPSA) is 120 Å². The molecule has 9 heteroatoms. The Hall–Kier alpha value is -2.09. The Morgan fingerprint density at radius 1 is 1.52 bits per heavy atom. The first-order chi connectivity index (χ1) is 12.8. The lowest BCUT2D eigenvalue weighted by Crippen LogP contribution is -2.59. The van der Waals surface area contributed by atoms with Crippen molar-refractivity contribution in [3.63, 3.8) is 0 Å². The lowest BCUT2D eigenvalue weighted by molar-refractivity contribution is -0.296. The van der Waals surface area contributed by atoms with Gasteiger partial charge in [0, 0.05) is 30.2 Å². The number of hydrogen-bond donors (Lipinski definition) is 0. The fourth-order valence-electron chi connectivity index (χ4n) is 3.47. The molecule has 0 aromatic heterocycles. The zero-order chi connectivity index (χ0) is 20.6. The minimum Gasteiger partial charge on any atom is -0.465 e. The second-order valence-electron chi connectivity index (χ2n) is 6.68. The van der Waals surface area contributed by atoms with Gasteiger partial charge in [-0.15, -0.1) is 6.58 Å². The van der Waals surface area contributed by atoms with Crippen LogP contribution in [0.3, 0.4) is 0 Å². The molecule has 0 N–H and O–H groups in total. The molecule has 1 heterocycles. The maximum absolute atomic E-state index is 12.5. The molecule has 0 amide bonds. The maximum atomic E-state index is 12.5. The van der Waals surface area contributed by atoms with Crippen molar-refractivity contribution in [2.45, 2.75) is 64.6 Å². The second kappa shape index (κ2) is 10.3. The zero-order valence-electron chi connectivity index (χ0n) is 16.6. The van der Waals surface area contributed by atoms with Crippen LogP contribution in [0.2, 0.25) is 0 Å². The summed E-state index contributed by atoms with van der Waals surface area (Å²) in [4.78, 5) is 26.8. The molecule has 27 heavy (non-hydrogen) atoms. The summed E-state index contributed by atoms with van der Waals surface area (Å²) in [7, 11) is 1.23. The van der Waals surface area contributed by atoms with Gasteiger partial charge in [-0.1, -0.05) is 32.0 Å². The minimum absolute atomic E-state index is 0.0202. The maximum Gasteiger partial charge on any atom is 0.366 e. The van der Waals surface area contributed by atoms with Gasteiger partial charge in [0.2, 0.25) is 0 Å². The molecule has 0 aliphatic carbocycles. The summed E-state index contributed by atoms with van der Waals surface area (Å²) < 4.78 is 22.1. The first kappa shape index (κ1) is 23.0. The smallest absolute Gasteiger partial charge is 0.366 e. The number of carbonyl (C=O) groups is 2. The predicted octanol–water partition coefficient (Wildman–Crippen LogP) is 3.14. The highest BCUT2D eigenvalue weighted by molar-refractivity contribution is 5.78. The van der Waals surface area contributed by atoms with E-state index in [-0.39, 0.29) is 24.9 Å². The van der Waals surface area contributed by atoms with Crippen LogP contribution in [-0.2, 0) is 28.5 Å². The summed E-state index contributed by atoms with van der Waals surface area (Å²) in [5.74, 6) is -3.34. The van der Waals surface area contributed by atoms with Crippen molar-refractivity contribution < 1.29 is 28.5 Å². The molecule has 1 unspecified atom stereocenters. The fraction of sp³-hybridized carbons (Fsp3) is 0.778. The Morgan fingerprint density at radius 2 is 2.19 bits per heavy atom. The van der Waals surface area contributed by atoms with Crippen LogP contribution in [-0.4, -0.2) is 49.7 Å². The summed E-state index contributed by atoms with van der Waals surface area (Å²) in [6.07, 6.45) is 1.09. The summed E-state index contributed by atoms with van der Waals surface area (Å²) >= 11 is 0. The van der Waals surface area contributed by atoms with Gasteiger partial charge < -0.3 is 18.9 Å². The van der Waals surface area contributed by atoms with Crippen LogP contribution in [0.1, 0.15) is 40.5 Å². The summed E-state index contributed by atoms with van der Waals surface area (Å²) in [6, 6.07) is -0.560. The summed E-state index contributed by atoms with van der Waals surface area (Å²) in [5, 5.41) is 3.84. The number of carbonyl (C=O) groups excluding carboxylic acids is 2. The SMILES string of the molecule is C=CCO[C@]1(C(=O)OC)C[C@@H](N=[N+]=[N-])[C@@H](C)C([C@H](C)[C@@H](CC)OC(C)=O)O1. The number of esters is 2. The van der Waals surface area contributed by atoms with E-state index >= 15 is 0 Å². The molecular formula is C18H29N3O6. The molecule has 1 aliphatic rings. The van der Waals surface area contributed by atoms with E-state index in [4.69, 9.17) is 24.5 Å². The van der Waals surface area contributed by atoms with Crippen molar-refractivity contribution in [2.24, 2.45) is 17.0 Å². The number of hydrogen-bond acceptors (Lipinski definition) is 7. The van der Waals surface area contributed by atoms with Gasteiger partial charge in [0.25, 0.3) is 5.79 Å². The molecule has 0 saturated carbocycles. The first-order valence-electron chi connectivity index (χ1n) is 8.98. The quantitative estimate of drug-likeness (QED) is 0.198. The van der Waals surface area contributed by atoms with Gasteiger partial charge in [-0.05, 0) is 17.9 Å². The van der Waals surface area contributed by atoms with E-state index in [0.29, 0.717) is 6.42 Å². The summed E-state index contributed by atoms with van der Waals surface area (Å²) in [5.41, 5.74) is 8.95. The van der Waals surface area contributed by atoms with Crippen LogP contribution < -0.4 is 0 Å². The van der Waals surface area contributed by atoms with E-state index in [1.54, 1.807) is 0 Å². The highest BCUT2D eigenvalue weighted by atomic mass is 16.7. The van der Waals surface area contributed by atoms with Gasteiger partial charge in [-0.2, -0.15) is 0 Å². The molecule has 0 bridgehead atoms. The van der Waals surface area contributed by atoms with Crippen molar-refractivity contribution in [2.75, 3.05) is 13.7 Å². The number of ether oxygens (including phenoxy) is 4. The normalized spacial score (nSPS) is 29.7. The Balaban J connectivity index is 3.30. The van der Waals surface area contributed by atoms with Crippen LogP contribution in [0.15, 0.2) is 17.8 Å². The van der Waals surface area contributed by atoms with Gasteiger partial charge in [-0.25, -0.2) is 4.79 Å². The van der Waals surface area contributed by atoms with E-state index in [9.17, 15) is 9.59 Å². The van der Waals surface area contributed by atoms with E-state index in [2.05, 4.69) is 16.6 Å². The molecule has 6 atom stereocenters. The molecule has 0 aromatic carbocycles. The van der Waals surface area contributed by atoms with E-state index < -0.39 is 36.0 Å².